The highest BCUT2D eigenvalue weighted by Gasteiger charge is 2.20. The van der Waals surface area contributed by atoms with Crippen molar-refractivity contribution in [2.75, 3.05) is 18.6 Å². The SMILES string of the molecule is CSCC(C)(O)CNC(=O)c1cncc(C)c1. The van der Waals surface area contributed by atoms with Crippen molar-refractivity contribution in [2.24, 2.45) is 0 Å². The summed E-state index contributed by atoms with van der Waals surface area (Å²) in [5.74, 6) is 0.377. The van der Waals surface area contributed by atoms with Crippen molar-refractivity contribution >= 4 is 17.7 Å². The van der Waals surface area contributed by atoms with Crippen molar-refractivity contribution in [3.63, 3.8) is 0 Å². The third-order valence-corrected chi connectivity index (χ3v) is 3.13. The lowest BCUT2D eigenvalue weighted by Gasteiger charge is -2.22. The molecule has 0 radical (unpaired) electrons. The molecule has 0 bridgehead atoms. The Kier molecular flexibility index (Phi) is 4.96. The zero-order valence-corrected chi connectivity index (χ0v) is 11.2. The average Bonchev–Trinajstić information content (AvgIpc) is 2.26. The number of aryl methyl sites for hydroxylation is 1. The minimum atomic E-state index is -0.883. The molecular weight excluding hydrogens is 236 g/mol. The van der Waals surface area contributed by atoms with Crippen LogP contribution in [-0.4, -0.2) is 40.2 Å². The maximum absolute atomic E-state index is 11.8. The second kappa shape index (κ2) is 6.02. The van der Waals surface area contributed by atoms with Crippen LogP contribution in [-0.2, 0) is 0 Å². The summed E-state index contributed by atoms with van der Waals surface area (Å²) in [5, 5.41) is 12.6. The van der Waals surface area contributed by atoms with Crippen LogP contribution in [0.4, 0.5) is 0 Å². The summed E-state index contributed by atoms with van der Waals surface area (Å²) < 4.78 is 0. The van der Waals surface area contributed by atoms with Crippen LogP contribution >= 0.6 is 11.8 Å². The number of hydrogen-bond donors (Lipinski definition) is 2. The van der Waals surface area contributed by atoms with Gasteiger partial charge >= 0.3 is 0 Å². The summed E-state index contributed by atoms with van der Waals surface area (Å²) in [6.07, 6.45) is 5.13. The molecule has 0 spiro atoms. The van der Waals surface area contributed by atoms with Crippen LogP contribution in [0.15, 0.2) is 18.5 Å². The van der Waals surface area contributed by atoms with Crippen molar-refractivity contribution in [3.8, 4) is 0 Å². The number of aromatic nitrogens is 1. The fourth-order valence-electron chi connectivity index (χ4n) is 1.41. The zero-order chi connectivity index (χ0) is 12.9. The van der Waals surface area contributed by atoms with Crippen LogP contribution in [0.1, 0.15) is 22.8 Å². The molecule has 2 N–H and O–H groups in total. The van der Waals surface area contributed by atoms with Gasteiger partial charge in [0.2, 0.25) is 0 Å². The van der Waals surface area contributed by atoms with Gasteiger partial charge in [0.05, 0.1) is 11.2 Å². The largest absolute Gasteiger partial charge is 0.387 e. The summed E-state index contributed by atoms with van der Waals surface area (Å²) in [5.41, 5.74) is 0.574. The van der Waals surface area contributed by atoms with Gasteiger partial charge in [0.1, 0.15) is 0 Å². The van der Waals surface area contributed by atoms with Crippen LogP contribution < -0.4 is 5.32 Å². The third kappa shape index (κ3) is 4.75. The highest BCUT2D eigenvalue weighted by Crippen LogP contribution is 2.09. The first kappa shape index (κ1) is 14.0. The number of nitrogens with zero attached hydrogens (tertiary/aromatic N) is 1. The summed E-state index contributed by atoms with van der Waals surface area (Å²) in [7, 11) is 0. The van der Waals surface area contributed by atoms with E-state index in [1.54, 1.807) is 30.9 Å². The average molecular weight is 254 g/mol. The molecule has 0 aliphatic rings. The molecule has 0 aliphatic carbocycles. The molecule has 4 nitrogen and oxygen atoms in total. The lowest BCUT2D eigenvalue weighted by Crippen LogP contribution is -2.42. The van der Waals surface area contributed by atoms with E-state index in [9.17, 15) is 9.90 Å². The van der Waals surface area contributed by atoms with Crippen molar-refractivity contribution in [2.45, 2.75) is 19.4 Å². The Labute approximate surface area is 106 Å². The van der Waals surface area contributed by atoms with Gasteiger partial charge in [-0.05, 0) is 31.7 Å². The Morgan fingerprint density at radius 3 is 2.88 bits per heavy atom. The van der Waals surface area contributed by atoms with E-state index in [0.717, 1.165) is 5.56 Å². The van der Waals surface area contributed by atoms with Crippen LogP contribution in [0.3, 0.4) is 0 Å². The van der Waals surface area contributed by atoms with Crippen LogP contribution in [0, 0.1) is 6.92 Å². The van der Waals surface area contributed by atoms with E-state index < -0.39 is 5.60 Å². The summed E-state index contributed by atoms with van der Waals surface area (Å²) in [6, 6.07) is 1.77. The number of amides is 1. The second-order valence-electron chi connectivity index (χ2n) is 4.36. The van der Waals surface area contributed by atoms with E-state index in [-0.39, 0.29) is 12.5 Å². The normalized spacial score (nSPS) is 14.1. The van der Waals surface area contributed by atoms with Gasteiger partial charge in [-0.15, -0.1) is 0 Å². The smallest absolute Gasteiger partial charge is 0.252 e. The van der Waals surface area contributed by atoms with Crippen molar-refractivity contribution in [3.05, 3.63) is 29.6 Å². The molecule has 0 saturated heterocycles. The molecular formula is C12H18N2O2S. The predicted molar refractivity (Wildman–Crippen MR) is 70.3 cm³/mol. The minimum Gasteiger partial charge on any atom is -0.387 e. The van der Waals surface area contributed by atoms with E-state index in [1.165, 1.54) is 6.20 Å². The summed E-state index contributed by atoms with van der Waals surface area (Å²) in [6.45, 7) is 3.83. The highest BCUT2D eigenvalue weighted by atomic mass is 32.2. The van der Waals surface area contributed by atoms with E-state index in [4.69, 9.17) is 0 Å². The van der Waals surface area contributed by atoms with E-state index >= 15 is 0 Å². The second-order valence-corrected chi connectivity index (χ2v) is 5.23. The van der Waals surface area contributed by atoms with Gasteiger partial charge in [0.25, 0.3) is 5.91 Å². The first-order chi connectivity index (χ1) is 7.94. The number of nitrogens with one attached hydrogen (secondary N) is 1. The maximum Gasteiger partial charge on any atom is 0.252 e. The van der Waals surface area contributed by atoms with Crippen molar-refractivity contribution < 1.29 is 9.90 Å². The number of thioether (sulfide) groups is 1. The summed E-state index contributed by atoms with van der Waals surface area (Å²) in [4.78, 5) is 15.7. The van der Waals surface area contributed by atoms with Gasteiger partial charge in [-0.25, -0.2) is 0 Å². The first-order valence-electron chi connectivity index (χ1n) is 5.36. The van der Waals surface area contributed by atoms with E-state index in [2.05, 4.69) is 10.3 Å². The number of hydrogen-bond acceptors (Lipinski definition) is 4. The molecule has 0 fully saturated rings. The first-order valence-corrected chi connectivity index (χ1v) is 6.75. The third-order valence-electron chi connectivity index (χ3n) is 2.22. The van der Waals surface area contributed by atoms with Gasteiger partial charge in [0, 0.05) is 24.7 Å². The molecule has 1 aromatic rings. The Morgan fingerprint density at radius 1 is 1.59 bits per heavy atom. The zero-order valence-electron chi connectivity index (χ0n) is 10.4. The fraction of sp³-hybridized carbons (Fsp3) is 0.500. The molecule has 1 aromatic heterocycles. The molecule has 1 atom stereocenters. The van der Waals surface area contributed by atoms with Crippen LogP contribution in [0.25, 0.3) is 0 Å². The van der Waals surface area contributed by atoms with E-state index in [0.29, 0.717) is 11.3 Å². The molecule has 0 aromatic carbocycles. The predicted octanol–water partition coefficient (Wildman–Crippen LogP) is 1.23. The molecule has 0 aliphatic heterocycles. The van der Waals surface area contributed by atoms with Gasteiger partial charge < -0.3 is 10.4 Å². The van der Waals surface area contributed by atoms with Gasteiger partial charge in [-0.2, -0.15) is 11.8 Å². The fourth-order valence-corrected chi connectivity index (χ4v) is 2.14. The number of aliphatic hydroxyl groups is 1. The number of carbonyl (C=O) groups is 1. The van der Waals surface area contributed by atoms with Gasteiger partial charge in [-0.3, -0.25) is 9.78 Å². The Balaban J connectivity index is 2.56. The number of pyridine rings is 1. The minimum absolute atomic E-state index is 0.206. The Hall–Kier alpha value is -1.07. The van der Waals surface area contributed by atoms with Gasteiger partial charge in [-0.1, -0.05) is 0 Å². The van der Waals surface area contributed by atoms with Crippen LogP contribution in [0.5, 0.6) is 0 Å². The lowest BCUT2D eigenvalue weighted by molar-refractivity contribution is 0.0725. The monoisotopic (exact) mass is 254 g/mol. The number of carbonyl (C=O) groups excluding carboxylic acids is 1. The standard InChI is InChI=1S/C12H18N2O2S/c1-9-4-10(6-13-5-9)11(15)14-7-12(2,16)8-17-3/h4-6,16H,7-8H2,1-3H3,(H,14,15). The quantitative estimate of drug-likeness (QED) is 0.829. The Morgan fingerprint density at radius 2 is 2.29 bits per heavy atom. The summed E-state index contributed by atoms with van der Waals surface area (Å²) >= 11 is 1.54. The maximum atomic E-state index is 11.8. The lowest BCUT2D eigenvalue weighted by atomic mass is 10.1. The molecule has 1 unspecified atom stereocenters. The highest BCUT2D eigenvalue weighted by molar-refractivity contribution is 7.98. The molecule has 5 heteroatoms. The van der Waals surface area contributed by atoms with E-state index in [1.807, 2.05) is 13.2 Å². The Bertz CT molecular complexity index is 394. The molecule has 1 heterocycles. The topological polar surface area (TPSA) is 62.2 Å². The van der Waals surface area contributed by atoms with Crippen molar-refractivity contribution in [1.29, 1.82) is 0 Å². The molecule has 0 saturated carbocycles. The van der Waals surface area contributed by atoms with Crippen molar-refractivity contribution in [1.82, 2.24) is 10.3 Å². The number of rotatable bonds is 5. The molecule has 17 heavy (non-hydrogen) atoms. The molecule has 1 amide bonds. The van der Waals surface area contributed by atoms with Crippen LogP contribution in [0.2, 0.25) is 0 Å². The van der Waals surface area contributed by atoms with Gasteiger partial charge in [0.15, 0.2) is 0 Å². The molecule has 1 rings (SSSR count). The molecule has 94 valence electrons.